The number of phenols is 2. The standard InChI is InChI=1S/C8H6F3NO3/c9-8(10,11)7(12-15)5-2-1-4(13)3-6(5)14/h1-3,7,13-14H. The number of halogens is 3. The van der Waals surface area contributed by atoms with Crippen molar-refractivity contribution in [2.75, 3.05) is 0 Å². The van der Waals surface area contributed by atoms with Crippen LogP contribution in [0.3, 0.4) is 0 Å². The second kappa shape index (κ2) is 3.76. The Morgan fingerprint density at radius 3 is 2.27 bits per heavy atom. The first-order valence-electron chi connectivity index (χ1n) is 3.77. The van der Waals surface area contributed by atoms with E-state index in [-0.39, 0.29) is 0 Å². The Bertz CT molecular complexity index is 378. The number of aromatic hydroxyl groups is 2. The monoisotopic (exact) mass is 221 g/mol. The topological polar surface area (TPSA) is 69.9 Å². The second-order valence-corrected chi connectivity index (χ2v) is 2.79. The van der Waals surface area contributed by atoms with Crippen molar-refractivity contribution >= 4 is 0 Å². The molecule has 1 atom stereocenters. The Balaban J connectivity index is 3.19. The van der Waals surface area contributed by atoms with Crippen molar-refractivity contribution in [1.29, 1.82) is 0 Å². The summed E-state index contributed by atoms with van der Waals surface area (Å²) in [4.78, 5) is 10.0. The zero-order valence-electron chi connectivity index (χ0n) is 7.19. The molecule has 0 aliphatic heterocycles. The summed E-state index contributed by atoms with van der Waals surface area (Å²) < 4.78 is 36.7. The first-order chi connectivity index (χ1) is 6.86. The summed E-state index contributed by atoms with van der Waals surface area (Å²) in [6.45, 7) is 0. The summed E-state index contributed by atoms with van der Waals surface area (Å²) in [6, 6.07) is -0.194. The molecule has 15 heavy (non-hydrogen) atoms. The third kappa shape index (κ3) is 2.36. The number of phenolic OH excluding ortho intramolecular Hbond substituents is 2. The maximum absolute atomic E-state index is 12.2. The van der Waals surface area contributed by atoms with Crippen LogP contribution in [0.25, 0.3) is 0 Å². The summed E-state index contributed by atoms with van der Waals surface area (Å²) in [7, 11) is 0. The molecule has 82 valence electrons. The maximum atomic E-state index is 12.2. The Labute approximate surface area is 81.9 Å². The quantitative estimate of drug-likeness (QED) is 0.753. The third-order valence-electron chi connectivity index (χ3n) is 1.72. The molecule has 1 aromatic rings. The highest BCUT2D eigenvalue weighted by atomic mass is 19.4. The van der Waals surface area contributed by atoms with Crippen molar-refractivity contribution in [2.45, 2.75) is 12.2 Å². The number of benzene rings is 1. The van der Waals surface area contributed by atoms with E-state index in [1.165, 1.54) is 0 Å². The fraction of sp³-hybridized carbons (Fsp3) is 0.250. The minimum Gasteiger partial charge on any atom is -0.508 e. The van der Waals surface area contributed by atoms with E-state index in [0.29, 0.717) is 6.07 Å². The van der Waals surface area contributed by atoms with Crippen LogP contribution in [0.5, 0.6) is 11.5 Å². The average Bonchev–Trinajstić information content (AvgIpc) is 2.07. The van der Waals surface area contributed by atoms with E-state index in [0.717, 1.165) is 12.1 Å². The Morgan fingerprint density at radius 2 is 1.87 bits per heavy atom. The lowest BCUT2D eigenvalue weighted by molar-refractivity contribution is -0.149. The van der Waals surface area contributed by atoms with Gasteiger partial charge in [0.1, 0.15) is 11.5 Å². The fourth-order valence-corrected chi connectivity index (χ4v) is 1.06. The van der Waals surface area contributed by atoms with E-state index in [4.69, 9.17) is 10.2 Å². The molecule has 1 rings (SSSR count). The highest BCUT2D eigenvalue weighted by molar-refractivity contribution is 5.41. The molecule has 1 unspecified atom stereocenters. The van der Waals surface area contributed by atoms with Gasteiger partial charge in [-0.15, -0.1) is 4.91 Å². The van der Waals surface area contributed by atoms with Gasteiger partial charge in [-0.1, -0.05) is 5.18 Å². The van der Waals surface area contributed by atoms with Crippen molar-refractivity contribution in [3.8, 4) is 11.5 Å². The molecule has 0 saturated carbocycles. The van der Waals surface area contributed by atoms with E-state index < -0.39 is 29.3 Å². The number of nitroso groups, excluding NO2 is 1. The molecule has 0 aliphatic carbocycles. The summed E-state index contributed by atoms with van der Waals surface area (Å²) in [5.41, 5.74) is -0.685. The van der Waals surface area contributed by atoms with Gasteiger partial charge in [-0.25, -0.2) is 0 Å². The van der Waals surface area contributed by atoms with Gasteiger partial charge in [0.2, 0.25) is 6.04 Å². The molecule has 1 aromatic carbocycles. The van der Waals surface area contributed by atoms with Gasteiger partial charge in [-0.3, -0.25) is 0 Å². The van der Waals surface area contributed by atoms with Crippen LogP contribution in [0.4, 0.5) is 13.2 Å². The van der Waals surface area contributed by atoms with Crippen LogP contribution in [0.15, 0.2) is 23.4 Å². The van der Waals surface area contributed by atoms with E-state index >= 15 is 0 Å². The molecule has 0 spiro atoms. The lowest BCUT2D eigenvalue weighted by Crippen LogP contribution is -2.18. The predicted octanol–water partition coefficient (Wildman–Crippen LogP) is 2.47. The van der Waals surface area contributed by atoms with Crippen LogP contribution < -0.4 is 0 Å². The van der Waals surface area contributed by atoms with E-state index in [1.807, 2.05) is 5.18 Å². The molecule has 0 aromatic heterocycles. The van der Waals surface area contributed by atoms with Crippen LogP contribution in [0.2, 0.25) is 0 Å². The molecular weight excluding hydrogens is 215 g/mol. The molecule has 0 saturated heterocycles. The molecule has 0 amide bonds. The van der Waals surface area contributed by atoms with Crippen LogP contribution >= 0.6 is 0 Å². The van der Waals surface area contributed by atoms with Crippen LogP contribution in [0.1, 0.15) is 11.6 Å². The summed E-state index contributed by atoms with van der Waals surface area (Å²) in [6.07, 6.45) is -4.86. The number of hydrogen-bond acceptors (Lipinski definition) is 4. The minimum absolute atomic E-state index is 0.400. The van der Waals surface area contributed by atoms with Gasteiger partial charge in [-0.2, -0.15) is 13.2 Å². The number of nitrogens with zero attached hydrogens (tertiary/aromatic N) is 1. The number of alkyl halides is 3. The normalized spacial score (nSPS) is 13.5. The molecule has 7 heteroatoms. The molecule has 2 N–H and O–H groups in total. The van der Waals surface area contributed by atoms with Gasteiger partial charge < -0.3 is 10.2 Å². The SMILES string of the molecule is O=NC(c1ccc(O)cc1O)C(F)(F)F. The Kier molecular flexibility index (Phi) is 2.83. The molecule has 0 bridgehead atoms. The van der Waals surface area contributed by atoms with Gasteiger partial charge in [0.05, 0.1) is 0 Å². The molecular formula is C8H6F3NO3. The van der Waals surface area contributed by atoms with Gasteiger partial charge in [0, 0.05) is 11.6 Å². The fourth-order valence-electron chi connectivity index (χ4n) is 1.06. The highest BCUT2D eigenvalue weighted by Crippen LogP contribution is 2.40. The highest BCUT2D eigenvalue weighted by Gasteiger charge is 2.43. The van der Waals surface area contributed by atoms with Gasteiger partial charge in [-0.05, 0) is 12.1 Å². The van der Waals surface area contributed by atoms with Crippen molar-refractivity contribution in [3.05, 3.63) is 28.7 Å². The Hall–Kier alpha value is -1.79. The zero-order valence-corrected chi connectivity index (χ0v) is 7.19. The smallest absolute Gasteiger partial charge is 0.418 e. The summed E-state index contributed by atoms with van der Waals surface area (Å²) >= 11 is 0. The molecule has 0 aliphatic rings. The summed E-state index contributed by atoms with van der Waals surface area (Å²) in [5.74, 6) is -1.22. The van der Waals surface area contributed by atoms with Crippen molar-refractivity contribution in [1.82, 2.24) is 0 Å². The third-order valence-corrected chi connectivity index (χ3v) is 1.72. The average molecular weight is 221 g/mol. The predicted molar refractivity (Wildman–Crippen MR) is 44.4 cm³/mol. The van der Waals surface area contributed by atoms with Crippen LogP contribution in [-0.4, -0.2) is 16.4 Å². The first kappa shape index (κ1) is 11.3. The van der Waals surface area contributed by atoms with E-state index in [2.05, 4.69) is 0 Å². The van der Waals surface area contributed by atoms with E-state index in [1.54, 1.807) is 0 Å². The molecule has 4 nitrogen and oxygen atoms in total. The van der Waals surface area contributed by atoms with Crippen molar-refractivity contribution < 1.29 is 23.4 Å². The van der Waals surface area contributed by atoms with Crippen molar-refractivity contribution in [2.24, 2.45) is 5.18 Å². The number of rotatable bonds is 2. The summed E-state index contributed by atoms with van der Waals surface area (Å²) in [5, 5.41) is 19.8. The lowest BCUT2D eigenvalue weighted by atomic mass is 10.1. The van der Waals surface area contributed by atoms with Crippen LogP contribution in [-0.2, 0) is 0 Å². The number of hydrogen-bond donors (Lipinski definition) is 2. The second-order valence-electron chi connectivity index (χ2n) is 2.79. The zero-order chi connectivity index (χ0) is 11.6. The molecule has 0 fully saturated rings. The van der Waals surface area contributed by atoms with Crippen molar-refractivity contribution in [3.63, 3.8) is 0 Å². The lowest BCUT2D eigenvalue weighted by Gasteiger charge is -2.14. The van der Waals surface area contributed by atoms with Gasteiger partial charge >= 0.3 is 6.18 Å². The Morgan fingerprint density at radius 1 is 1.27 bits per heavy atom. The largest absolute Gasteiger partial charge is 0.508 e. The molecule has 0 heterocycles. The first-order valence-corrected chi connectivity index (χ1v) is 3.77. The van der Waals surface area contributed by atoms with Gasteiger partial charge in [0.25, 0.3) is 0 Å². The van der Waals surface area contributed by atoms with Crippen LogP contribution in [0, 0.1) is 4.91 Å². The minimum atomic E-state index is -4.86. The van der Waals surface area contributed by atoms with E-state index in [9.17, 15) is 18.1 Å². The molecule has 0 radical (unpaired) electrons. The van der Waals surface area contributed by atoms with Gasteiger partial charge in [0.15, 0.2) is 0 Å². The maximum Gasteiger partial charge on any atom is 0.418 e.